The second kappa shape index (κ2) is 10.1. The highest BCUT2D eigenvalue weighted by atomic mass is 16.2. The van der Waals surface area contributed by atoms with Crippen LogP contribution in [0, 0.1) is 12.8 Å². The molecule has 32 heavy (non-hydrogen) atoms. The summed E-state index contributed by atoms with van der Waals surface area (Å²) in [4.78, 5) is 27.6. The van der Waals surface area contributed by atoms with Gasteiger partial charge in [-0.15, -0.1) is 0 Å². The molecular formula is C27H29N3O2. The van der Waals surface area contributed by atoms with Gasteiger partial charge in [0.05, 0.1) is 0 Å². The van der Waals surface area contributed by atoms with Crippen molar-refractivity contribution in [3.63, 3.8) is 0 Å². The zero-order valence-corrected chi connectivity index (χ0v) is 18.4. The van der Waals surface area contributed by atoms with Crippen LogP contribution in [0.1, 0.15) is 28.8 Å². The second-order valence-electron chi connectivity index (χ2n) is 8.37. The Morgan fingerprint density at radius 3 is 2.44 bits per heavy atom. The number of likely N-dealkylation sites (tertiary alicyclic amines) is 1. The summed E-state index contributed by atoms with van der Waals surface area (Å²) in [6, 6.07) is 25.3. The molecule has 0 saturated carbocycles. The number of piperidine rings is 1. The molecule has 1 aliphatic heterocycles. The van der Waals surface area contributed by atoms with Gasteiger partial charge < -0.3 is 15.5 Å². The quantitative estimate of drug-likeness (QED) is 0.578. The Labute approximate surface area is 189 Å². The van der Waals surface area contributed by atoms with Crippen LogP contribution in [-0.2, 0) is 0 Å². The van der Waals surface area contributed by atoms with E-state index in [4.69, 9.17) is 0 Å². The Morgan fingerprint density at radius 2 is 1.66 bits per heavy atom. The van der Waals surface area contributed by atoms with Crippen molar-refractivity contribution in [1.82, 2.24) is 10.2 Å². The van der Waals surface area contributed by atoms with Crippen molar-refractivity contribution in [2.24, 2.45) is 5.92 Å². The van der Waals surface area contributed by atoms with Crippen LogP contribution in [0.2, 0.25) is 0 Å². The van der Waals surface area contributed by atoms with Crippen molar-refractivity contribution in [2.75, 3.05) is 25.0 Å². The molecule has 2 N–H and O–H groups in total. The molecule has 3 amide bonds. The molecule has 1 aliphatic rings. The Hall–Kier alpha value is -3.60. The van der Waals surface area contributed by atoms with Crippen LogP contribution in [-0.4, -0.2) is 36.5 Å². The van der Waals surface area contributed by atoms with Crippen LogP contribution in [0.3, 0.4) is 0 Å². The van der Waals surface area contributed by atoms with Gasteiger partial charge in [0.1, 0.15) is 0 Å². The number of anilines is 1. The SMILES string of the molecule is Cc1ccc(NC(=O)NCC2CCCN(C(=O)c3ccccc3-c3ccccc3)C2)cc1. The molecule has 4 rings (SSSR count). The summed E-state index contributed by atoms with van der Waals surface area (Å²) in [5.41, 5.74) is 4.64. The number of carbonyl (C=O) groups excluding carboxylic acids is 2. The van der Waals surface area contributed by atoms with Gasteiger partial charge in [-0.2, -0.15) is 0 Å². The molecule has 5 nitrogen and oxygen atoms in total. The largest absolute Gasteiger partial charge is 0.338 e. The smallest absolute Gasteiger partial charge is 0.319 e. The van der Waals surface area contributed by atoms with Crippen molar-refractivity contribution in [3.8, 4) is 11.1 Å². The van der Waals surface area contributed by atoms with Gasteiger partial charge in [0.2, 0.25) is 0 Å². The fourth-order valence-electron chi connectivity index (χ4n) is 4.17. The van der Waals surface area contributed by atoms with Gasteiger partial charge in [-0.1, -0.05) is 66.2 Å². The third kappa shape index (κ3) is 5.35. The lowest BCUT2D eigenvalue weighted by Gasteiger charge is -2.33. The Bertz CT molecular complexity index is 1060. The Balaban J connectivity index is 1.36. The van der Waals surface area contributed by atoms with Gasteiger partial charge in [0.25, 0.3) is 5.91 Å². The van der Waals surface area contributed by atoms with E-state index in [9.17, 15) is 9.59 Å². The van der Waals surface area contributed by atoms with Gasteiger partial charge in [-0.3, -0.25) is 4.79 Å². The van der Waals surface area contributed by atoms with E-state index in [2.05, 4.69) is 10.6 Å². The molecule has 5 heteroatoms. The van der Waals surface area contributed by atoms with Crippen molar-refractivity contribution in [3.05, 3.63) is 90.0 Å². The predicted molar refractivity (Wildman–Crippen MR) is 129 cm³/mol. The molecule has 1 unspecified atom stereocenters. The first-order chi connectivity index (χ1) is 15.6. The molecule has 1 heterocycles. The standard InChI is InChI=1S/C27H29N3O2/c1-20-13-15-23(16-14-20)29-27(32)28-18-21-8-7-17-30(19-21)26(31)25-12-6-5-11-24(25)22-9-3-2-4-10-22/h2-6,9-16,21H,7-8,17-19H2,1H3,(H2,28,29,32). The molecule has 0 bridgehead atoms. The summed E-state index contributed by atoms with van der Waals surface area (Å²) in [5.74, 6) is 0.290. The lowest BCUT2D eigenvalue weighted by molar-refractivity contribution is 0.0676. The lowest BCUT2D eigenvalue weighted by atomic mass is 9.95. The zero-order valence-electron chi connectivity index (χ0n) is 18.4. The highest BCUT2D eigenvalue weighted by Gasteiger charge is 2.26. The molecule has 0 aliphatic carbocycles. The first-order valence-corrected chi connectivity index (χ1v) is 11.2. The predicted octanol–water partition coefficient (Wildman–Crippen LogP) is 5.34. The molecule has 1 saturated heterocycles. The van der Waals surface area contributed by atoms with Crippen molar-refractivity contribution in [1.29, 1.82) is 0 Å². The molecule has 3 aromatic rings. The Kier molecular flexibility index (Phi) is 6.85. The summed E-state index contributed by atoms with van der Waals surface area (Å²) in [5, 5.41) is 5.83. The fourth-order valence-corrected chi connectivity index (χ4v) is 4.17. The third-order valence-electron chi connectivity index (χ3n) is 5.91. The van der Waals surface area contributed by atoms with E-state index in [-0.39, 0.29) is 17.9 Å². The number of carbonyl (C=O) groups is 2. The number of aryl methyl sites for hydroxylation is 1. The minimum Gasteiger partial charge on any atom is -0.338 e. The Morgan fingerprint density at radius 1 is 0.938 bits per heavy atom. The van der Waals surface area contributed by atoms with E-state index >= 15 is 0 Å². The number of urea groups is 1. The number of benzene rings is 3. The summed E-state index contributed by atoms with van der Waals surface area (Å²) in [6.07, 6.45) is 1.93. The molecule has 1 fully saturated rings. The monoisotopic (exact) mass is 427 g/mol. The maximum atomic E-state index is 13.4. The number of amides is 3. The van der Waals surface area contributed by atoms with Crippen LogP contribution in [0.15, 0.2) is 78.9 Å². The molecule has 1 atom stereocenters. The zero-order chi connectivity index (χ0) is 22.3. The van der Waals surface area contributed by atoms with Crippen LogP contribution in [0.25, 0.3) is 11.1 Å². The maximum Gasteiger partial charge on any atom is 0.319 e. The number of nitrogens with zero attached hydrogens (tertiary/aromatic N) is 1. The molecule has 164 valence electrons. The van der Waals surface area contributed by atoms with E-state index in [1.54, 1.807) is 0 Å². The highest BCUT2D eigenvalue weighted by Crippen LogP contribution is 2.26. The molecular weight excluding hydrogens is 398 g/mol. The van der Waals surface area contributed by atoms with Gasteiger partial charge in [0, 0.05) is 30.9 Å². The van der Waals surface area contributed by atoms with Crippen LogP contribution >= 0.6 is 0 Å². The van der Waals surface area contributed by atoms with E-state index in [1.807, 2.05) is 90.7 Å². The number of hydrogen-bond acceptors (Lipinski definition) is 2. The van der Waals surface area contributed by atoms with Gasteiger partial charge in [-0.05, 0) is 55.0 Å². The third-order valence-corrected chi connectivity index (χ3v) is 5.91. The topological polar surface area (TPSA) is 61.4 Å². The lowest BCUT2D eigenvalue weighted by Crippen LogP contribution is -2.44. The number of nitrogens with one attached hydrogen (secondary N) is 2. The van der Waals surface area contributed by atoms with Crippen LogP contribution < -0.4 is 10.6 Å². The second-order valence-corrected chi connectivity index (χ2v) is 8.37. The minimum absolute atomic E-state index is 0.0539. The van der Waals surface area contributed by atoms with Gasteiger partial charge in [0.15, 0.2) is 0 Å². The average Bonchev–Trinajstić information content (AvgIpc) is 2.84. The first kappa shape index (κ1) is 21.6. The summed E-state index contributed by atoms with van der Waals surface area (Å²) in [6.45, 7) is 3.95. The summed E-state index contributed by atoms with van der Waals surface area (Å²) >= 11 is 0. The van der Waals surface area contributed by atoms with Crippen molar-refractivity contribution in [2.45, 2.75) is 19.8 Å². The van der Waals surface area contributed by atoms with Crippen LogP contribution in [0.5, 0.6) is 0 Å². The molecule has 0 radical (unpaired) electrons. The van der Waals surface area contributed by atoms with E-state index in [1.165, 1.54) is 0 Å². The summed E-state index contributed by atoms with van der Waals surface area (Å²) in [7, 11) is 0. The van der Waals surface area contributed by atoms with Crippen LogP contribution in [0.4, 0.5) is 10.5 Å². The average molecular weight is 428 g/mol. The number of rotatable bonds is 5. The minimum atomic E-state index is -0.216. The van der Waals surface area contributed by atoms with E-state index in [0.717, 1.165) is 47.3 Å². The first-order valence-electron chi connectivity index (χ1n) is 11.2. The van der Waals surface area contributed by atoms with Gasteiger partial charge in [-0.25, -0.2) is 4.79 Å². The van der Waals surface area contributed by atoms with Crippen molar-refractivity contribution < 1.29 is 9.59 Å². The van der Waals surface area contributed by atoms with E-state index < -0.39 is 0 Å². The van der Waals surface area contributed by atoms with E-state index in [0.29, 0.717) is 13.1 Å². The van der Waals surface area contributed by atoms with Gasteiger partial charge >= 0.3 is 6.03 Å². The maximum absolute atomic E-state index is 13.4. The normalized spacial score (nSPS) is 15.8. The molecule has 0 aromatic heterocycles. The number of hydrogen-bond donors (Lipinski definition) is 2. The van der Waals surface area contributed by atoms with Crippen molar-refractivity contribution >= 4 is 17.6 Å². The molecule has 0 spiro atoms. The highest BCUT2D eigenvalue weighted by molar-refractivity contribution is 6.01. The summed E-state index contributed by atoms with van der Waals surface area (Å²) < 4.78 is 0. The molecule has 3 aromatic carbocycles. The fraction of sp³-hybridized carbons (Fsp3) is 0.259.